The third kappa shape index (κ3) is 3.90. The van der Waals surface area contributed by atoms with Gasteiger partial charge in [-0.3, -0.25) is 19.6 Å². The lowest BCUT2D eigenvalue weighted by molar-refractivity contribution is -0.384. The number of aromatic nitrogens is 2. The summed E-state index contributed by atoms with van der Waals surface area (Å²) in [5, 5.41) is 36.6. The first-order valence-corrected chi connectivity index (χ1v) is 6.75. The highest BCUT2D eigenvalue weighted by Crippen LogP contribution is 2.20. The van der Waals surface area contributed by atoms with Gasteiger partial charge >= 0.3 is 0 Å². The summed E-state index contributed by atoms with van der Waals surface area (Å²) in [6, 6.07) is 4.29. The summed E-state index contributed by atoms with van der Waals surface area (Å²) < 4.78 is 1.45. The SMILES string of the molecule is Cn1cc(C(=O)NC(CO)C(O)c2ccc([N+](=O)[O-])cc2)cn1. The second-order valence-corrected chi connectivity index (χ2v) is 4.96. The lowest BCUT2D eigenvalue weighted by atomic mass is 10.0. The van der Waals surface area contributed by atoms with Crippen molar-refractivity contribution in [3.8, 4) is 0 Å². The Labute approximate surface area is 131 Å². The molecule has 0 aliphatic heterocycles. The minimum Gasteiger partial charge on any atom is -0.394 e. The maximum atomic E-state index is 12.0. The molecule has 2 rings (SSSR count). The minimum atomic E-state index is -1.21. The van der Waals surface area contributed by atoms with Gasteiger partial charge in [-0.2, -0.15) is 5.10 Å². The van der Waals surface area contributed by atoms with Crippen molar-refractivity contribution in [1.82, 2.24) is 15.1 Å². The van der Waals surface area contributed by atoms with E-state index in [0.29, 0.717) is 11.1 Å². The number of nitro groups is 1. The molecule has 2 atom stereocenters. The number of nitro benzene ring substituents is 1. The number of nitrogens with zero attached hydrogens (tertiary/aromatic N) is 3. The van der Waals surface area contributed by atoms with Crippen molar-refractivity contribution in [3.63, 3.8) is 0 Å². The highest BCUT2D eigenvalue weighted by molar-refractivity contribution is 5.93. The van der Waals surface area contributed by atoms with Crippen molar-refractivity contribution in [3.05, 3.63) is 57.9 Å². The lowest BCUT2D eigenvalue weighted by Crippen LogP contribution is -2.41. The van der Waals surface area contributed by atoms with Crippen LogP contribution in [0.2, 0.25) is 0 Å². The molecule has 122 valence electrons. The first-order chi connectivity index (χ1) is 10.9. The molecule has 9 heteroatoms. The molecular formula is C14H16N4O5. The van der Waals surface area contributed by atoms with Crippen LogP contribution < -0.4 is 5.32 Å². The quantitative estimate of drug-likeness (QED) is 0.513. The van der Waals surface area contributed by atoms with Crippen molar-refractivity contribution in [1.29, 1.82) is 0 Å². The Kier molecular flexibility index (Phi) is 5.04. The Morgan fingerprint density at radius 1 is 1.43 bits per heavy atom. The molecule has 9 nitrogen and oxygen atoms in total. The summed E-state index contributed by atoms with van der Waals surface area (Å²) in [7, 11) is 1.66. The number of aliphatic hydroxyl groups is 2. The smallest absolute Gasteiger partial charge is 0.269 e. The molecule has 23 heavy (non-hydrogen) atoms. The summed E-state index contributed by atoms with van der Waals surface area (Å²) in [6.45, 7) is -0.496. The Morgan fingerprint density at radius 2 is 2.09 bits per heavy atom. The van der Waals surface area contributed by atoms with Crippen LogP contribution in [-0.2, 0) is 7.05 Å². The van der Waals surface area contributed by atoms with Gasteiger partial charge in [-0.05, 0) is 17.7 Å². The van der Waals surface area contributed by atoms with E-state index in [1.54, 1.807) is 7.05 Å². The van der Waals surface area contributed by atoms with Crippen LogP contribution in [0.15, 0.2) is 36.7 Å². The summed E-state index contributed by atoms with van der Waals surface area (Å²) in [5.74, 6) is -0.488. The molecule has 2 unspecified atom stereocenters. The molecule has 2 aromatic rings. The summed E-state index contributed by atoms with van der Waals surface area (Å²) in [4.78, 5) is 22.1. The van der Waals surface area contributed by atoms with Crippen LogP contribution in [0.25, 0.3) is 0 Å². The number of nitrogens with one attached hydrogen (secondary N) is 1. The number of aryl methyl sites for hydroxylation is 1. The summed E-state index contributed by atoms with van der Waals surface area (Å²) >= 11 is 0. The van der Waals surface area contributed by atoms with E-state index in [1.165, 1.54) is 41.3 Å². The summed E-state index contributed by atoms with van der Waals surface area (Å²) in [6.07, 6.45) is 1.66. The zero-order valence-corrected chi connectivity index (χ0v) is 12.3. The number of carbonyl (C=O) groups excluding carboxylic acids is 1. The second-order valence-electron chi connectivity index (χ2n) is 4.96. The third-order valence-electron chi connectivity index (χ3n) is 3.31. The molecule has 0 radical (unpaired) electrons. The average molecular weight is 320 g/mol. The molecule has 1 aromatic carbocycles. The molecule has 0 aliphatic carbocycles. The Balaban J connectivity index is 2.10. The minimum absolute atomic E-state index is 0.110. The van der Waals surface area contributed by atoms with Crippen molar-refractivity contribution in [2.24, 2.45) is 7.05 Å². The fraction of sp³-hybridized carbons (Fsp3) is 0.286. The molecule has 0 saturated carbocycles. The largest absolute Gasteiger partial charge is 0.394 e. The Hall–Kier alpha value is -2.78. The number of rotatable bonds is 6. The zero-order chi connectivity index (χ0) is 17.0. The monoisotopic (exact) mass is 320 g/mol. The lowest BCUT2D eigenvalue weighted by Gasteiger charge is -2.22. The summed E-state index contributed by atoms with van der Waals surface area (Å²) in [5.41, 5.74) is 0.531. The van der Waals surface area contributed by atoms with Gasteiger partial charge in [0.15, 0.2) is 0 Å². The highest BCUT2D eigenvalue weighted by atomic mass is 16.6. The van der Waals surface area contributed by atoms with E-state index in [4.69, 9.17) is 0 Å². The van der Waals surface area contributed by atoms with Gasteiger partial charge in [0.1, 0.15) is 6.10 Å². The number of carbonyl (C=O) groups is 1. The van der Waals surface area contributed by atoms with Gasteiger partial charge < -0.3 is 15.5 Å². The van der Waals surface area contributed by atoms with Gasteiger partial charge in [-0.1, -0.05) is 0 Å². The van der Waals surface area contributed by atoms with Crippen molar-refractivity contribution in [2.75, 3.05) is 6.61 Å². The Bertz CT molecular complexity index is 697. The van der Waals surface area contributed by atoms with Crippen LogP contribution >= 0.6 is 0 Å². The molecule has 1 aromatic heterocycles. The molecule has 1 heterocycles. The van der Waals surface area contributed by atoms with Crippen LogP contribution in [0.5, 0.6) is 0 Å². The maximum absolute atomic E-state index is 12.0. The second kappa shape index (κ2) is 6.99. The normalized spacial score (nSPS) is 13.3. The van der Waals surface area contributed by atoms with Crippen molar-refractivity contribution in [2.45, 2.75) is 12.1 Å². The van der Waals surface area contributed by atoms with E-state index < -0.39 is 29.6 Å². The Morgan fingerprint density at radius 3 is 2.57 bits per heavy atom. The molecule has 3 N–H and O–H groups in total. The number of aliphatic hydroxyl groups excluding tert-OH is 2. The van der Waals surface area contributed by atoms with E-state index in [0.717, 1.165) is 0 Å². The van der Waals surface area contributed by atoms with Crippen LogP contribution in [0, 0.1) is 10.1 Å². The molecule has 0 spiro atoms. The molecule has 0 fully saturated rings. The predicted octanol–water partition coefficient (Wildman–Crippen LogP) is 0.153. The first kappa shape index (κ1) is 16.6. The van der Waals surface area contributed by atoms with Gasteiger partial charge in [-0.25, -0.2) is 0 Å². The van der Waals surface area contributed by atoms with Crippen molar-refractivity contribution < 1.29 is 19.9 Å². The third-order valence-corrected chi connectivity index (χ3v) is 3.31. The van der Waals surface area contributed by atoms with Crippen LogP contribution in [0.4, 0.5) is 5.69 Å². The van der Waals surface area contributed by atoms with Gasteiger partial charge in [-0.15, -0.1) is 0 Å². The van der Waals surface area contributed by atoms with E-state index in [-0.39, 0.29) is 5.69 Å². The predicted molar refractivity (Wildman–Crippen MR) is 79.6 cm³/mol. The first-order valence-electron chi connectivity index (χ1n) is 6.75. The standard InChI is InChI=1S/C14H16N4O5/c1-17-7-10(6-15-17)14(21)16-12(8-19)13(20)9-2-4-11(5-3-9)18(22)23/h2-7,12-13,19-20H,8H2,1H3,(H,16,21). The molecule has 0 bridgehead atoms. The van der Waals surface area contributed by atoms with Gasteiger partial charge in [0.25, 0.3) is 11.6 Å². The van der Waals surface area contributed by atoms with E-state index in [2.05, 4.69) is 10.4 Å². The van der Waals surface area contributed by atoms with Gasteiger partial charge in [0.2, 0.25) is 0 Å². The van der Waals surface area contributed by atoms with Crippen molar-refractivity contribution >= 4 is 11.6 Å². The van der Waals surface area contributed by atoms with Gasteiger partial charge in [0, 0.05) is 25.4 Å². The molecular weight excluding hydrogens is 304 g/mol. The van der Waals surface area contributed by atoms with Crippen LogP contribution in [0.1, 0.15) is 22.0 Å². The molecule has 0 saturated heterocycles. The van der Waals surface area contributed by atoms with E-state index >= 15 is 0 Å². The number of benzene rings is 1. The van der Waals surface area contributed by atoms with Gasteiger partial charge in [0.05, 0.1) is 29.3 Å². The van der Waals surface area contributed by atoms with Crippen LogP contribution in [0.3, 0.4) is 0 Å². The number of hydrogen-bond donors (Lipinski definition) is 3. The topological polar surface area (TPSA) is 131 Å². The highest BCUT2D eigenvalue weighted by Gasteiger charge is 2.23. The molecule has 1 amide bonds. The fourth-order valence-electron chi connectivity index (χ4n) is 2.04. The number of amides is 1. The molecule has 0 aliphatic rings. The fourth-order valence-corrected chi connectivity index (χ4v) is 2.04. The maximum Gasteiger partial charge on any atom is 0.269 e. The average Bonchev–Trinajstić information content (AvgIpc) is 2.98. The van der Waals surface area contributed by atoms with E-state index in [1.807, 2.05) is 0 Å². The zero-order valence-electron chi connectivity index (χ0n) is 12.3. The number of non-ortho nitro benzene ring substituents is 1. The number of hydrogen-bond acceptors (Lipinski definition) is 6. The van der Waals surface area contributed by atoms with Crippen LogP contribution in [-0.4, -0.2) is 43.5 Å². The van der Waals surface area contributed by atoms with E-state index in [9.17, 15) is 25.1 Å².